The van der Waals surface area contributed by atoms with Gasteiger partial charge in [0.05, 0.1) is 23.9 Å². The number of aliphatic hydroxyl groups is 4. The van der Waals surface area contributed by atoms with E-state index >= 15 is 0 Å². The Bertz CT molecular complexity index is 986. The average molecular weight is 503 g/mol. The van der Waals surface area contributed by atoms with Gasteiger partial charge in [0.2, 0.25) is 0 Å². The third kappa shape index (κ3) is 3.06. The van der Waals surface area contributed by atoms with Crippen LogP contribution in [0.15, 0.2) is 23.3 Å². The molecule has 6 nitrogen and oxygen atoms in total. The zero-order chi connectivity index (χ0) is 26.0. The van der Waals surface area contributed by atoms with Gasteiger partial charge in [-0.3, -0.25) is 0 Å². The molecule has 3 unspecified atom stereocenters. The van der Waals surface area contributed by atoms with Crippen molar-refractivity contribution in [2.24, 2.45) is 40.4 Å². The first-order valence-electron chi connectivity index (χ1n) is 14.3. The number of aliphatic hydroxyl groups excluding tert-OH is 3. The van der Waals surface area contributed by atoms with Crippen LogP contribution in [0.3, 0.4) is 0 Å². The van der Waals surface area contributed by atoms with E-state index in [2.05, 4.69) is 26.0 Å². The molecule has 2 heterocycles. The second-order valence-electron chi connectivity index (χ2n) is 14.2. The minimum absolute atomic E-state index is 0.0844. The van der Waals surface area contributed by atoms with Crippen molar-refractivity contribution >= 4 is 0 Å². The molecule has 4 N–H and O–H groups in total. The summed E-state index contributed by atoms with van der Waals surface area (Å²) < 4.78 is 12.6. The van der Waals surface area contributed by atoms with Crippen LogP contribution in [-0.2, 0) is 9.47 Å². The van der Waals surface area contributed by atoms with Crippen LogP contribution in [0.25, 0.3) is 0 Å². The van der Waals surface area contributed by atoms with E-state index in [1.165, 1.54) is 11.1 Å². The first kappa shape index (κ1) is 25.5. The first-order valence-corrected chi connectivity index (χ1v) is 14.3. The summed E-state index contributed by atoms with van der Waals surface area (Å²) in [5, 5.41) is 44.9. The van der Waals surface area contributed by atoms with Gasteiger partial charge in [0.1, 0.15) is 11.7 Å². The fraction of sp³-hybridized carbons (Fsp3) is 0.867. The molecule has 4 fully saturated rings. The van der Waals surface area contributed by atoms with Gasteiger partial charge in [0.15, 0.2) is 6.29 Å². The lowest BCUT2D eigenvalue weighted by Gasteiger charge is -2.53. The van der Waals surface area contributed by atoms with Crippen molar-refractivity contribution < 1.29 is 29.9 Å². The third-order valence-electron chi connectivity index (χ3n) is 12.0. The maximum Gasteiger partial charge on any atom is 0.160 e. The van der Waals surface area contributed by atoms with Gasteiger partial charge in [-0.15, -0.1) is 0 Å². The SMILES string of the molecule is CC(C)[C@]1(O)[C@H]2O[C@@H](O)C([C@H]3[C@H](O)CC4C5=CCC6C[C@@H](O)CC[C@]6(C)C5=CC[C@@]43C)[C@H]2OC1(C)C. The van der Waals surface area contributed by atoms with Crippen molar-refractivity contribution in [2.75, 3.05) is 0 Å². The number of allylic oxidation sites excluding steroid dienone is 4. The molecule has 0 bridgehead atoms. The van der Waals surface area contributed by atoms with E-state index in [0.29, 0.717) is 12.3 Å². The third-order valence-corrected chi connectivity index (χ3v) is 12.0. The van der Waals surface area contributed by atoms with Crippen molar-refractivity contribution in [3.63, 3.8) is 0 Å². The van der Waals surface area contributed by atoms with E-state index in [-0.39, 0.29) is 34.7 Å². The van der Waals surface area contributed by atoms with Crippen LogP contribution in [0.5, 0.6) is 0 Å². The fourth-order valence-electron chi connectivity index (χ4n) is 9.95. The van der Waals surface area contributed by atoms with Gasteiger partial charge in [-0.2, -0.15) is 0 Å². The van der Waals surface area contributed by atoms with Crippen LogP contribution >= 0.6 is 0 Å². The molecule has 0 amide bonds. The van der Waals surface area contributed by atoms with Crippen LogP contribution < -0.4 is 0 Å². The molecule has 0 aromatic carbocycles. The highest BCUT2D eigenvalue weighted by molar-refractivity contribution is 5.47. The Kier molecular flexibility index (Phi) is 5.59. The van der Waals surface area contributed by atoms with E-state index in [1.807, 2.05) is 27.7 Å². The largest absolute Gasteiger partial charge is 0.393 e. The molecule has 4 aliphatic carbocycles. The summed E-state index contributed by atoms with van der Waals surface area (Å²) in [6.07, 6.45) is 7.09. The predicted octanol–water partition coefficient (Wildman–Crippen LogP) is 3.72. The van der Waals surface area contributed by atoms with E-state index in [4.69, 9.17) is 9.47 Å². The second-order valence-corrected chi connectivity index (χ2v) is 14.2. The Morgan fingerprint density at radius 3 is 2.44 bits per heavy atom. The van der Waals surface area contributed by atoms with E-state index < -0.39 is 41.7 Å². The zero-order valence-electron chi connectivity index (χ0n) is 22.8. The molecule has 2 saturated heterocycles. The van der Waals surface area contributed by atoms with E-state index in [1.54, 1.807) is 0 Å². The molecule has 6 aliphatic rings. The molecule has 6 heteroatoms. The summed E-state index contributed by atoms with van der Waals surface area (Å²) in [4.78, 5) is 0. The van der Waals surface area contributed by atoms with Crippen LogP contribution in [0, 0.1) is 40.4 Å². The van der Waals surface area contributed by atoms with Crippen LogP contribution in [0.1, 0.15) is 80.1 Å². The van der Waals surface area contributed by atoms with Crippen LogP contribution in [0.2, 0.25) is 0 Å². The maximum absolute atomic E-state index is 11.8. The predicted molar refractivity (Wildman–Crippen MR) is 136 cm³/mol. The molecule has 2 saturated carbocycles. The number of fused-ring (bicyclic) bond motifs is 6. The number of rotatable bonds is 2. The summed E-state index contributed by atoms with van der Waals surface area (Å²) in [6, 6.07) is 0. The molecule has 0 spiro atoms. The Morgan fingerprint density at radius 2 is 1.75 bits per heavy atom. The Morgan fingerprint density at radius 1 is 1.03 bits per heavy atom. The highest BCUT2D eigenvalue weighted by Gasteiger charge is 2.72. The summed E-state index contributed by atoms with van der Waals surface area (Å²) in [7, 11) is 0. The minimum atomic E-state index is -1.22. The van der Waals surface area contributed by atoms with Crippen molar-refractivity contribution in [2.45, 2.75) is 122 Å². The standard InChI is InChI=1S/C30H46O6/c1-15(2)30(34)25-24(36-27(30,3)4)22(26(33)35-25)23-21(32)14-20-18-8-7-16-13-17(31)9-11-28(16,5)19(18)10-12-29(20,23)6/h8,10,15-17,20-26,31-34H,7,9,11-14H2,1-6H3/t16?,17-,20?,21+,22?,23+,24+,25-,26+,28-,29-,30-/m0/s1. The van der Waals surface area contributed by atoms with Crippen molar-refractivity contribution in [3.8, 4) is 0 Å². The van der Waals surface area contributed by atoms with Crippen LogP contribution in [-0.4, -0.2) is 62.3 Å². The summed E-state index contributed by atoms with van der Waals surface area (Å²) in [6.45, 7) is 12.4. The Labute approximate surface area is 215 Å². The molecule has 2 aliphatic heterocycles. The monoisotopic (exact) mass is 502 g/mol. The Hall–Kier alpha value is -0.760. The van der Waals surface area contributed by atoms with Crippen LogP contribution in [0.4, 0.5) is 0 Å². The fourth-order valence-corrected chi connectivity index (χ4v) is 9.95. The number of ether oxygens (including phenoxy) is 2. The highest BCUT2D eigenvalue weighted by Crippen LogP contribution is 2.67. The zero-order valence-corrected chi connectivity index (χ0v) is 22.8. The second kappa shape index (κ2) is 7.89. The van der Waals surface area contributed by atoms with E-state index in [0.717, 1.165) is 32.1 Å². The van der Waals surface area contributed by atoms with Gasteiger partial charge < -0.3 is 29.9 Å². The summed E-state index contributed by atoms with van der Waals surface area (Å²) in [5.74, 6) is -0.0294. The normalized spacial score (nSPS) is 55.5. The minimum Gasteiger partial charge on any atom is -0.393 e. The molecule has 6 rings (SSSR count). The molecule has 0 radical (unpaired) electrons. The molecule has 0 aromatic heterocycles. The van der Waals surface area contributed by atoms with Gasteiger partial charge >= 0.3 is 0 Å². The lowest BCUT2D eigenvalue weighted by molar-refractivity contribution is -0.219. The van der Waals surface area contributed by atoms with Gasteiger partial charge in [-0.1, -0.05) is 39.8 Å². The molecule has 36 heavy (non-hydrogen) atoms. The van der Waals surface area contributed by atoms with Crippen molar-refractivity contribution in [1.82, 2.24) is 0 Å². The van der Waals surface area contributed by atoms with Crippen molar-refractivity contribution in [3.05, 3.63) is 23.3 Å². The Balaban J connectivity index is 1.35. The lowest BCUT2D eigenvalue weighted by atomic mass is 9.51. The summed E-state index contributed by atoms with van der Waals surface area (Å²) >= 11 is 0. The molecule has 0 aromatic rings. The maximum atomic E-state index is 11.8. The molecular weight excluding hydrogens is 456 g/mol. The smallest absolute Gasteiger partial charge is 0.160 e. The first-order chi connectivity index (χ1) is 16.8. The highest BCUT2D eigenvalue weighted by atomic mass is 16.7. The lowest BCUT2D eigenvalue weighted by Crippen LogP contribution is -2.57. The molecule has 202 valence electrons. The topological polar surface area (TPSA) is 99.4 Å². The number of hydrogen-bond donors (Lipinski definition) is 4. The van der Waals surface area contributed by atoms with Gasteiger partial charge in [0.25, 0.3) is 0 Å². The van der Waals surface area contributed by atoms with Gasteiger partial charge in [-0.05, 0) is 92.1 Å². The van der Waals surface area contributed by atoms with Gasteiger partial charge in [-0.25, -0.2) is 0 Å². The average Bonchev–Trinajstić information content (AvgIpc) is 3.31. The molecular formula is C30H46O6. The number of hydrogen-bond acceptors (Lipinski definition) is 6. The molecule has 12 atom stereocenters. The summed E-state index contributed by atoms with van der Waals surface area (Å²) in [5.41, 5.74) is 0.631. The van der Waals surface area contributed by atoms with E-state index in [9.17, 15) is 20.4 Å². The van der Waals surface area contributed by atoms with Crippen molar-refractivity contribution in [1.29, 1.82) is 0 Å². The quantitative estimate of drug-likeness (QED) is 0.459. The van der Waals surface area contributed by atoms with Gasteiger partial charge in [0, 0.05) is 11.8 Å².